The van der Waals surface area contributed by atoms with Crippen LogP contribution in [0.1, 0.15) is 10.4 Å². The highest BCUT2D eigenvalue weighted by atomic mass is 32.1. The zero-order valence-electron chi connectivity index (χ0n) is 16.0. The second-order valence-electron chi connectivity index (χ2n) is 5.92. The number of hydrogen-bond donors (Lipinski definition) is 0. The Kier molecular flexibility index (Phi) is 6.62. The van der Waals surface area contributed by atoms with Crippen LogP contribution in [0.4, 0.5) is 5.13 Å². The van der Waals surface area contributed by atoms with Crippen molar-refractivity contribution in [2.75, 3.05) is 39.4 Å². The average Bonchev–Trinajstić information content (AvgIpc) is 3.24. The number of thiazole rings is 1. The van der Waals surface area contributed by atoms with Gasteiger partial charge in [-0.2, -0.15) is 0 Å². The minimum atomic E-state index is -0.129. The number of benzene rings is 2. The van der Waals surface area contributed by atoms with E-state index in [1.165, 1.54) is 11.3 Å². The normalized spacial score (nSPS) is 10.5. The third-order valence-electron chi connectivity index (χ3n) is 4.21. The van der Waals surface area contributed by atoms with Crippen molar-refractivity contribution in [3.8, 4) is 22.8 Å². The van der Waals surface area contributed by atoms with Crippen molar-refractivity contribution in [2.24, 2.45) is 0 Å². The molecule has 7 heteroatoms. The van der Waals surface area contributed by atoms with Gasteiger partial charge in [-0.05, 0) is 48.5 Å². The van der Waals surface area contributed by atoms with E-state index in [1.807, 2.05) is 29.6 Å². The fraction of sp³-hybridized carbons (Fsp3) is 0.238. The molecule has 0 saturated heterocycles. The van der Waals surface area contributed by atoms with Crippen LogP contribution >= 0.6 is 11.3 Å². The lowest BCUT2D eigenvalue weighted by atomic mass is 10.2. The van der Waals surface area contributed by atoms with Gasteiger partial charge in [0.15, 0.2) is 5.13 Å². The third-order valence-corrected chi connectivity index (χ3v) is 5.07. The molecular formula is C21H22N2O4S. The van der Waals surface area contributed by atoms with Crippen LogP contribution in [0, 0.1) is 0 Å². The van der Waals surface area contributed by atoms with Gasteiger partial charge in [-0.25, -0.2) is 4.98 Å². The van der Waals surface area contributed by atoms with E-state index in [2.05, 4.69) is 4.98 Å². The van der Waals surface area contributed by atoms with Crippen molar-refractivity contribution in [2.45, 2.75) is 0 Å². The first-order valence-electron chi connectivity index (χ1n) is 8.71. The molecule has 3 aromatic rings. The van der Waals surface area contributed by atoms with Gasteiger partial charge in [0.1, 0.15) is 11.5 Å². The van der Waals surface area contributed by atoms with Crippen molar-refractivity contribution >= 4 is 22.4 Å². The largest absolute Gasteiger partial charge is 0.497 e. The van der Waals surface area contributed by atoms with Gasteiger partial charge in [-0.15, -0.1) is 11.3 Å². The SMILES string of the molecule is COCCN(C(=O)c1ccc(OC)cc1)c1nc(-c2ccc(OC)cc2)cs1. The molecule has 0 aliphatic heterocycles. The lowest BCUT2D eigenvalue weighted by Crippen LogP contribution is -2.33. The topological polar surface area (TPSA) is 60.9 Å². The molecule has 0 saturated carbocycles. The summed E-state index contributed by atoms with van der Waals surface area (Å²) in [6.07, 6.45) is 0. The van der Waals surface area contributed by atoms with Crippen molar-refractivity contribution < 1.29 is 19.0 Å². The number of methoxy groups -OCH3 is 3. The van der Waals surface area contributed by atoms with Crippen LogP contribution in [0.3, 0.4) is 0 Å². The first-order chi connectivity index (χ1) is 13.7. The summed E-state index contributed by atoms with van der Waals surface area (Å²) in [5, 5.41) is 2.57. The van der Waals surface area contributed by atoms with Crippen LogP contribution < -0.4 is 14.4 Å². The molecule has 0 unspecified atom stereocenters. The Morgan fingerprint density at radius 1 is 0.964 bits per heavy atom. The Hall–Kier alpha value is -2.90. The van der Waals surface area contributed by atoms with Gasteiger partial charge in [0.05, 0.1) is 33.1 Å². The number of ether oxygens (including phenoxy) is 3. The fourth-order valence-electron chi connectivity index (χ4n) is 2.64. The summed E-state index contributed by atoms with van der Waals surface area (Å²) in [7, 11) is 4.84. The zero-order valence-corrected chi connectivity index (χ0v) is 16.9. The third kappa shape index (κ3) is 4.49. The van der Waals surface area contributed by atoms with E-state index in [4.69, 9.17) is 14.2 Å². The van der Waals surface area contributed by atoms with Gasteiger partial charge in [0.25, 0.3) is 5.91 Å². The molecule has 1 amide bonds. The van der Waals surface area contributed by atoms with Crippen LogP contribution in [-0.4, -0.2) is 45.4 Å². The number of nitrogens with zero attached hydrogens (tertiary/aromatic N) is 2. The first-order valence-corrected chi connectivity index (χ1v) is 9.59. The molecule has 3 rings (SSSR count). The van der Waals surface area contributed by atoms with Crippen LogP contribution in [0.2, 0.25) is 0 Å². The molecule has 0 fully saturated rings. The number of rotatable bonds is 8. The summed E-state index contributed by atoms with van der Waals surface area (Å²) in [6, 6.07) is 14.7. The minimum absolute atomic E-state index is 0.129. The Bertz CT molecular complexity index is 907. The Labute approximate surface area is 168 Å². The molecule has 0 atom stereocenters. The highest BCUT2D eigenvalue weighted by Gasteiger charge is 2.21. The molecule has 146 valence electrons. The van der Waals surface area contributed by atoms with Gasteiger partial charge in [0.2, 0.25) is 0 Å². The smallest absolute Gasteiger partial charge is 0.260 e. The molecule has 6 nitrogen and oxygen atoms in total. The lowest BCUT2D eigenvalue weighted by Gasteiger charge is -2.19. The van der Waals surface area contributed by atoms with E-state index < -0.39 is 0 Å². The molecule has 0 bridgehead atoms. The molecule has 28 heavy (non-hydrogen) atoms. The highest BCUT2D eigenvalue weighted by Crippen LogP contribution is 2.29. The number of carbonyl (C=O) groups is 1. The molecule has 0 spiro atoms. The summed E-state index contributed by atoms with van der Waals surface area (Å²) in [4.78, 5) is 19.4. The van der Waals surface area contributed by atoms with Crippen molar-refractivity contribution in [1.29, 1.82) is 0 Å². The predicted molar refractivity (Wildman–Crippen MR) is 111 cm³/mol. The lowest BCUT2D eigenvalue weighted by molar-refractivity contribution is 0.0976. The molecule has 0 N–H and O–H groups in total. The molecular weight excluding hydrogens is 376 g/mol. The Balaban J connectivity index is 1.86. The maximum absolute atomic E-state index is 13.1. The fourth-order valence-corrected chi connectivity index (χ4v) is 3.50. The van der Waals surface area contributed by atoms with E-state index in [0.717, 1.165) is 17.0 Å². The van der Waals surface area contributed by atoms with Gasteiger partial charge in [0, 0.05) is 23.6 Å². The number of hydrogen-bond acceptors (Lipinski definition) is 6. The van der Waals surface area contributed by atoms with Gasteiger partial charge < -0.3 is 14.2 Å². The standard InChI is InChI=1S/C21H22N2O4S/c1-25-13-12-23(20(24)16-6-10-18(27-3)11-7-16)21-22-19(14-28-21)15-4-8-17(26-2)9-5-15/h4-11,14H,12-13H2,1-3H3. The summed E-state index contributed by atoms with van der Waals surface area (Å²) < 4.78 is 15.5. The summed E-state index contributed by atoms with van der Waals surface area (Å²) in [5.41, 5.74) is 2.34. The summed E-state index contributed by atoms with van der Waals surface area (Å²) in [6.45, 7) is 0.830. The van der Waals surface area contributed by atoms with Crippen molar-refractivity contribution in [3.63, 3.8) is 0 Å². The quantitative estimate of drug-likeness (QED) is 0.571. The van der Waals surface area contributed by atoms with Gasteiger partial charge in [-0.3, -0.25) is 9.69 Å². The van der Waals surface area contributed by atoms with Crippen LogP contribution in [0.5, 0.6) is 11.5 Å². The zero-order chi connectivity index (χ0) is 19.9. The number of anilines is 1. The number of amides is 1. The minimum Gasteiger partial charge on any atom is -0.497 e. The van der Waals surface area contributed by atoms with E-state index in [9.17, 15) is 4.79 Å². The number of carbonyl (C=O) groups excluding carboxylic acids is 1. The van der Waals surface area contributed by atoms with Gasteiger partial charge in [-0.1, -0.05) is 0 Å². The van der Waals surface area contributed by atoms with Crippen molar-refractivity contribution in [1.82, 2.24) is 4.98 Å². The Morgan fingerprint density at radius 2 is 1.57 bits per heavy atom. The average molecular weight is 398 g/mol. The second-order valence-corrected chi connectivity index (χ2v) is 6.76. The highest BCUT2D eigenvalue weighted by molar-refractivity contribution is 7.14. The maximum Gasteiger partial charge on any atom is 0.260 e. The van der Waals surface area contributed by atoms with Crippen LogP contribution in [-0.2, 0) is 4.74 Å². The van der Waals surface area contributed by atoms with Crippen LogP contribution in [0.15, 0.2) is 53.9 Å². The van der Waals surface area contributed by atoms with E-state index >= 15 is 0 Å². The van der Waals surface area contributed by atoms with E-state index in [-0.39, 0.29) is 5.91 Å². The van der Waals surface area contributed by atoms with E-state index in [0.29, 0.717) is 29.6 Å². The first kappa shape index (κ1) is 19.9. The monoisotopic (exact) mass is 398 g/mol. The maximum atomic E-state index is 13.1. The van der Waals surface area contributed by atoms with Crippen LogP contribution in [0.25, 0.3) is 11.3 Å². The second kappa shape index (κ2) is 9.34. The predicted octanol–water partition coefficient (Wildman–Crippen LogP) is 4.12. The number of aromatic nitrogens is 1. The van der Waals surface area contributed by atoms with Crippen molar-refractivity contribution in [3.05, 3.63) is 59.5 Å². The Morgan fingerprint density at radius 3 is 2.14 bits per heavy atom. The summed E-state index contributed by atoms with van der Waals surface area (Å²) in [5.74, 6) is 1.36. The molecule has 0 aliphatic rings. The summed E-state index contributed by atoms with van der Waals surface area (Å²) >= 11 is 1.43. The molecule has 1 aromatic heterocycles. The molecule has 0 radical (unpaired) electrons. The van der Waals surface area contributed by atoms with E-state index in [1.54, 1.807) is 50.5 Å². The van der Waals surface area contributed by atoms with Gasteiger partial charge >= 0.3 is 0 Å². The molecule has 1 heterocycles. The molecule has 0 aliphatic carbocycles. The molecule has 2 aromatic carbocycles.